The second-order valence-corrected chi connectivity index (χ2v) is 6.05. The first-order valence-electron chi connectivity index (χ1n) is 6.59. The molecular formula is C14H16N2O3S. The van der Waals surface area contributed by atoms with Gasteiger partial charge in [0.15, 0.2) is 0 Å². The Morgan fingerprint density at radius 1 is 1.25 bits per heavy atom. The number of urea groups is 1. The van der Waals surface area contributed by atoms with E-state index in [0.29, 0.717) is 24.7 Å². The van der Waals surface area contributed by atoms with Gasteiger partial charge in [0, 0.05) is 18.8 Å². The second kappa shape index (κ2) is 5.36. The van der Waals surface area contributed by atoms with E-state index in [1.807, 2.05) is 18.2 Å². The Balaban J connectivity index is 1.74. The first-order valence-corrected chi connectivity index (χ1v) is 7.75. The van der Waals surface area contributed by atoms with Crippen LogP contribution in [-0.2, 0) is 17.8 Å². The molecule has 1 aromatic carbocycles. The fourth-order valence-corrected chi connectivity index (χ4v) is 3.81. The highest BCUT2D eigenvalue weighted by atomic mass is 32.2. The summed E-state index contributed by atoms with van der Waals surface area (Å²) in [5.41, 5.74) is 2.44. The summed E-state index contributed by atoms with van der Waals surface area (Å²) in [4.78, 5) is 26.9. The summed E-state index contributed by atoms with van der Waals surface area (Å²) >= 11 is 1.49. The maximum Gasteiger partial charge on any atom is 0.327 e. The molecule has 1 fully saturated rings. The number of fused-ring (bicyclic) bond motifs is 1. The van der Waals surface area contributed by atoms with E-state index < -0.39 is 12.0 Å². The topological polar surface area (TPSA) is 60.9 Å². The van der Waals surface area contributed by atoms with Crippen molar-refractivity contribution in [1.82, 2.24) is 9.80 Å². The van der Waals surface area contributed by atoms with E-state index in [1.54, 1.807) is 4.90 Å². The smallest absolute Gasteiger partial charge is 0.327 e. The largest absolute Gasteiger partial charge is 0.480 e. The van der Waals surface area contributed by atoms with Gasteiger partial charge in [-0.2, -0.15) is 0 Å². The minimum Gasteiger partial charge on any atom is -0.480 e. The number of rotatable bonds is 1. The Morgan fingerprint density at radius 2 is 2.00 bits per heavy atom. The van der Waals surface area contributed by atoms with Crippen LogP contribution >= 0.6 is 11.8 Å². The highest BCUT2D eigenvalue weighted by molar-refractivity contribution is 7.99. The van der Waals surface area contributed by atoms with Crippen molar-refractivity contribution in [2.45, 2.75) is 19.0 Å². The van der Waals surface area contributed by atoms with Crippen molar-refractivity contribution in [2.24, 2.45) is 0 Å². The van der Waals surface area contributed by atoms with Crippen molar-refractivity contribution in [3.63, 3.8) is 0 Å². The van der Waals surface area contributed by atoms with E-state index in [1.165, 1.54) is 22.2 Å². The molecule has 1 atom stereocenters. The van der Waals surface area contributed by atoms with E-state index >= 15 is 0 Å². The first kappa shape index (κ1) is 13.3. The number of nitrogens with zero attached hydrogens (tertiary/aromatic N) is 2. The van der Waals surface area contributed by atoms with Gasteiger partial charge in [-0.1, -0.05) is 24.3 Å². The van der Waals surface area contributed by atoms with Crippen molar-refractivity contribution < 1.29 is 14.7 Å². The zero-order valence-corrected chi connectivity index (χ0v) is 11.8. The summed E-state index contributed by atoms with van der Waals surface area (Å²) in [5.74, 6) is 0.0279. The SMILES string of the molecule is O=C(O)[C@@H]1CSCN1C(=O)N1CCc2ccccc2C1. The van der Waals surface area contributed by atoms with Gasteiger partial charge in [-0.05, 0) is 17.5 Å². The maximum atomic E-state index is 12.5. The van der Waals surface area contributed by atoms with Crippen molar-refractivity contribution in [1.29, 1.82) is 0 Å². The third-order valence-corrected chi connectivity index (χ3v) is 4.83. The molecule has 1 aromatic rings. The number of amides is 2. The van der Waals surface area contributed by atoms with E-state index in [0.717, 1.165) is 12.0 Å². The Morgan fingerprint density at radius 3 is 2.75 bits per heavy atom. The predicted molar refractivity (Wildman–Crippen MR) is 76.5 cm³/mol. The van der Waals surface area contributed by atoms with Gasteiger partial charge in [-0.15, -0.1) is 11.8 Å². The van der Waals surface area contributed by atoms with Gasteiger partial charge in [0.1, 0.15) is 6.04 Å². The van der Waals surface area contributed by atoms with Crippen LogP contribution in [0.25, 0.3) is 0 Å². The van der Waals surface area contributed by atoms with Crippen LogP contribution in [0.4, 0.5) is 4.79 Å². The third kappa shape index (κ3) is 2.35. The molecule has 2 aliphatic rings. The van der Waals surface area contributed by atoms with Crippen LogP contribution in [-0.4, -0.2) is 51.1 Å². The average molecular weight is 292 g/mol. The van der Waals surface area contributed by atoms with Gasteiger partial charge >= 0.3 is 12.0 Å². The fraction of sp³-hybridized carbons (Fsp3) is 0.429. The molecule has 6 heteroatoms. The van der Waals surface area contributed by atoms with E-state index in [2.05, 4.69) is 6.07 Å². The van der Waals surface area contributed by atoms with E-state index in [4.69, 9.17) is 5.11 Å². The Hall–Kier alpha value is -1.69. The molecule has 1 saturated heterocycles. The lowest BCUT2D eigenvalue weighted by atomic mass is 10.0. The molecule has 2 aliphatic heterocycles. The van der Waals surface area contributed by atoms with Crippen molar-refractivity contribution >= 4 is 23.8 Å². The van der Waals surface area contributed by atoms with Gasteiger partial charge in [0.25, 0.3) is 0 Å². The molecule has 0 bridgehead atoms. The summed E-state index contributed by atoms with van der Waals surface area (Å²) in [6.07, 6.45) is 0.834. The number of carboxylic acid groups (broad SMARTS) is 1. The zero-order valence-electron chi connectivity index (χ0n) is 11.0. The number of carbonyl (C=O) groups is 2. The minimum atomic E-state index is -0.916. The molecule has 0 aliphatic carbocycles. The molecule has 106 valence electrons. The summed E-state index contributed by atoms with van der Waals surface area (Å²) in [6, 6.07) is 7.25. The molecule has 2 amide bonds. The average Bonchev–Trinajstić information content (AvgIpc) is 2.95. The first-order chi connectivity index (χ1) is 9.66. The van der Waals surface area contributed by atoms with E-state index in [-0.39, 0.29) is 6.03 Å². The quantitative estimate of drug-likeness (QED) is 0.854. The number of hydrogen-bond acceptors (Lipinski definition) is 3. The molecule has 2 heterocycles. The molecule has 0 radical (unpaired) electrons. The number of aliphatic carboxylic acids is 1. The highest BCUT2D eigenvalue weighted by Crippen LogP contribution is 2.25. The number of thioether (sulfide) groups is 1. The summed E-state index contributed by atoms with van der Waals surface area (Å²) < 4.78 is 0. The van der Waals surface area contributed by atoms with Crippen LogP contribution in [0.3, 0.4) is 0 Å². The van der Waals surface area contributed by atoms with Gasteiger partial charge in [0.05, 0.1) is 5.88 Å². The van der Waals surface area contributed by atoms with Crippen LogP contribution in [0.2, 0.25) is 0 Å². The Kier molecular flexibility index (Phi) is 3.56. The number of carbonyl (C=O) groups excluding carboxylic acids is 1. The van der Waals surface area contributed by atoms with Gasteiger partial charge in [0.2, 0.25) is 0 Å². The van der Waals surface area contributed by atoms with Gasteiger partial charge < -0.3 is 14.9 Å². The summed E-state index contributed by atoms with van der Waals surface area (Å²) in [5, 5.41) is 9.16. The molecule has 1 N–H and O–H groups in total. The molecule has 0 aromatic heterocycles. The van der Waals surface area contributed by atoms with Crippen molar-refractivity contribution in [3.05, 3.63) is 35.4 Å². The van der Waals surface area contributed by atoms with Crippen LogP contribution in [0, 0.1) is 0 Å². The zero-order chi connectivity index (χ0) is 14.1. The van der Waals surface area contributed by atoms with Crippen LogP contribution in [0.15, 0.2) is 24.3 Å². The lowest BCUT2D eigenvalue weighted by molar-refractivity contribution is -0.140. The lowest BCUT2D eigenvalue weighted by Crippen LogP contribution is -2.49. The minimum absolute atomic E-state index is 0.156. The van der Waals surface area contributed by atoms with E-state index in [9.17, 15) is 9.59 Å². The fourth-order valence-electron chi connectivity index (χ4n) is 2.68. The molecule has 0 unspecified atom stereocenters. The third-order valence-electron chi connectivity index (χ3n) is 3.81. The van der Waals surface area contributed by atoms with Crippen LogP contribution in [0.5, 0.6) is 0 Å². The highest BCUT2D eigenvalue weighted by Gasteiger charge is 2.37. The lowest BCUT2D eigenvalue weighted by Gasteiger charge is -2.33. The molecule has 5 nitrogen and oxygen atoms in total. The normalized spacial score (nSPS) is 21.7. The number of benzene rings is 1. The molecule has 0 saturated carbocycles. The van der Waals surface area contributed by atoms with Crippen molar-refractivity contribution in [3.8, 4) is 0 Å². The molecule has 20 heavy (non-hydrogen) atoms. The van der Waals surface area contributed by atoms with Crippen molar-refractivity contribution in [2.75, 3.05) is 18.2 Å². The second-order valence-electron chi connectivity index (χ2n) is 5.05. The summed E-state index contributed by atoms with van der Waals surface area (Å²) in [6.45, 7) is 1.23. The number of hydrogen-bond donors (Lipinski definition) is 1. The van der Waals surface area contributed by atoms with Gasteiger partial charge in [-0.3, -0.25) is 0 Å². The molecular weight excluding hydrogens is 276 g/mol. The van der Waals surface area contributed by atoms with Crippen LogP contribution < -0.4 is 0 Å². The predicted octanol–water partition coefficient (Wildman–Crippen LogP) is 1.62. The molecule has 3 rings (SSSR count). The molecule has 0 spiro atoms. The monoisotopic (exact) mass is 292 g/mol. The number of carboxylic acids is 1. The Bertz CT molecular complexity index is 549. The standard InChI is InChI=1S/C14H16N2O3S/c17-13(18)12-8-20-9-16(12)14(19)15-6-5-10-3-1-2-4-11(10)7-15/h1-4,12H,5-9H2,(H,17,18)/t12-/m0/s1. The maximum absolute atomic E-state index is 12.5. The van der Waals surface area contributed by atoms with Gasteiger partial charge in [-0.25, -0.2) is 9.59 Å². The van der Waals surface area contributed by atoms with Crippen LogP contribution in [0.1, 0.15) is 11.1 Å². The Labute approximate surface area is 121 Å². The summed E-state index contributed by atoms with van der Waals surface area (Å²) in [7, 11) is 0.